The van der Waals surface area contributed by atoms with Crippen molar-refractivity contribution in [2.75, 3.05) is 0 Å². The summed E-state index contributed by atoms with van der Waals surface area (Å²) in [6.07, 6.45) is 0. The second-order valence-corrected chi connectivity index (χ2v) is 3.14. The van der Waals surface area contributed by atoms with Gasteiger partial charge in [0.05, 0.1) is 0 Å². The maximum Gasteiger partial charge on any atom is 0 e. The molecule has 0 bridgehead atoms. The molecule has 2 rings (SSSR count). The fraction of sp³-hybridized carbons (Fsp3) is 0.167. The number of rotatable bonds is 0. The molecule has 13 heavy (non-hydrogen) atoms. The molecule has 1 radical (unpaired) electrons. The Morgan fingerprint density at radius 1 is 1.00 bits per heavy atom. The largest absolute Gasteiger partial charge is 0.180 e. The Balaban J connectivity index is 0.000000845. The Morgan fingerprint density at radius 3 is 2.23 bits per heavy atom. The average molecular weight is 244 g/mol. The molecule has 0 unspecified atom stereocenters. The van der Waals surface area contributed by atoms with Gasteiger partial charge in [-0.05, 0) is 0 Å². The molecule has 63 valence electrons. The van der Waals surface area contributed by atoms with Crippen molar-refractivity contribution in [1.29, 1.82) is 0 Å². The van der Waals surface area contributed by atoms with E-state index in [-0.39, 0.29) is 32.7 Å². The van der Waals surface area contributed by atoms with Crippen molar-refractivity contribution in [2.24, 2.45) is 0 Å². The third-order valence-electron chi connectivity index (χ3n) is 2.26. The van der Waals surface area contributed by atoms with Crippen LogP contribution in [0.5, 0.6) is 0 Å². The van der Waals surface area contributed by atoms with Crippen LogP contribution in [0.25, 0.3) is 10.8 Å². The van der Waals surface area contributed by atoms with E-state index in [1.54, 1.807) is 0 Å². The summed E-state index contributed by atoms with van der Waals surface area (Å²) in [6, 6.07) is 13.8. The Morgan fingerprint density at radius 2 is 1.62 bits per heavy atom. The summed E-state index contributed by atoms with van der Waals surface area (Å²) < 4.78 is 0. The first kappa shape index (κ1) is 10.9. The van der Waals surface area contributed by atoms with E-state index >= 15 is 0 Å². The number of benzene rings is 2. The van der Waals surface area contributed by atoms with Gasteiger partial charge in [-0.1, -0.05) is 32.0 Å². The van der Waals surface area contributed by atoms with Crippen molar-refractivity contribution in [3.05, 3.63) is 47.5 Å². The van der Waals surface area contributed by atoms with E-state index in [1.807, 2.05) is 0 Å². The van der Waals surface area contributed by atoms with E-state index in [0.717, 1.165) is 0 Å². The Labute approximate surface area is 104 Å². The van der Waals surface area contributed by atoms with E-state index in [0.29, 0.717) is 0 Å². The quantitative estimate of drug-likeness (QED) is 0.624. The van der Waals surface area contributed by atoms with Crippen LogP contribution in [0.4, 0.5) is 0 Å². The molecule has 1 heteroatoms. The summed E-state index contributed by atoms with van der Waals surface area (Å²) in [5, 5.41) is 2.66. The van der Waals surface area contributed by atoms with Gasteiger partial charge in [0.25, 0.3) is 0 Å². The average Bonchev–Trinajstić information content (AvgIpc) is 2.12. The minimum atomic E-state index is 0. The van der Waals surface area contributed by atoms with Gasteiger partial charge in [-0.15, -0.1) is 16.8 Å². The van der Waals surface area contributed by atoms with E-state index in [1.165, 1.54) is 21.9 Å². The van der Waals surface area contributed by atoms with Crippen LogP contribution in [0.1, 0.15) is 11.1 Å². The van der Waals surface area contributed by atoms with Crippen molar-refractivity contribution in [3.8, 4) is 0 Å². The van der Waals surface area contributed by atoms with Gasteiger partial charge in [0.2, 0.25) is 0 Å². The SMILES string of the molecule is Cc1[c-]cc(C)c2ccccc12.[Y]. The van der Waals surface area contributed by atoms with E-state index in [4.69, 9.17) is 0 Å². The molecule has 0 aromatic heterocycles. The van der Waals surface area contributed by atoms with Gasteiger partial charge in [-0.2, -0.15) is 23.3 Å². The van der Waals surface area contributed by atoms with Crippen LogP contribution >= 0.6 is 0 Å². The number of fused-ring (bicyclic) bond motifs is 1. The molecule has 2 aromatic carbocycles. The summed E-state index contributed by atoms with van der Waals surface area (Å²) in [5.41, 5.74) is 2.53. The molecule has 0 heterocycles. The number of hydrogen-bond donors (Lipinski definition) is 0. The van der Waals surface area contributed by atoms with Gasteiger partial charge in [0.15, 0.2) is 0 Å². The Bertz CT molecular complexity index is 378. The monoisotopic (exact) mass is 244 g/mol. The zero-order chi connectivity index (χ0) is 8.55. The molecule has 2 aromatic rings. The van der Waals surface area contributed by atoms with Crippen molar-refractivity contribution in [3.63, 3.8) is 0 Å². The van der Waals surface area contributed by atoms with Crippen molar-refractivity contribution in [2.45, 2.75) is 13.8 Å². The van der Waals surface area contributed by atoms with Crippen LogP contribution in [-0.4, -0.2) is 0 Å². The first-order valence-corrected chi connectivity index (χ1v) is 4.15. The van der Waals surface area contributed by atoms with Crippen LogP contribution in [0, 0.1) is 19.9 Å². The number of aryl methyl sites for hydroxylation is 2. The summed E-state index contributed by atoms with van der Waals surface area (Å²) >= 11 is 0. The normalized spacial score (nSPS) is 9.69. The Kier molecular flexibility index (Phi) is 3.64. The second-order valence-electron chi connectivity index (χ2n) is 3.14. The smallest absolute Gasteiger partial charge is 0 e. The standard InChI is InChI=1S/C12H11.Y/c1-9-7-8-10(2)12-6-4-3-5-11(9)12;/h3-7H,1-2H3;/q-1;. The zero-order valence-corrected chi connectivity index (χ0v) is 10.8. The van der Waals surface area contributed by atoms with E-state index < -0.39 is 0 Å². The fourth-order valence-electron chi connectivity index (χ4n) is 1.53. The molecule has 0 aliphatic carbocycles. The van der Waals surface area contributed by atoms with Gasteiger partial charge in [0, 0.05) is 32.7 Å². The summed E-state index contributed by atoms with van der Waals surface area (Å²) in [5.74, 6) is 0. The predicted molar refractivity (Wildman–Crippen MR) is 52.3 cm³/mol. The van der Waals surface area contributed by atoms with Crippen LogP contribution in [-0.2, 0) is 32.7 Å². The topological polar surface area (TPSA) is 0 Å². The Hall–Kier alpha value is -0.196. The first-order chi connectivity index (χ1) is 5.79. The number of hydrogen-bond acceptors (Lipinski definition) is 0. The minimum Gasteiger partial charge on any atom is -0.180 e. The summed E-state index contributed by atoms with van der Waals surface area (Å²) in [7, 11) is 0. The maximum absolute atomic E-state index is 3.24. The predicted octanol–water partition coefficient (Wildman–Crippen LogP) is 3.25. The molecular weight excluding hydrogens is 233 g/mol. The van der Waals surface area contributed by atoms with Crippen molar-refractivity contribution in [1.82, 2.24) is 0 Å². The van der Waals surface area contributed by atoms with E-state index in [9.17, 15) is 0 Å². The first-order valence-electron chi connectivity index (χ1n) is 4.15. The molecule has 0 atom stereocenters. The van der Waals surface area contributed by atoms with Gasteiger partial charge < -0.3 is 0 Å². The van der Waals surface area contributed by atoms with Crippen LogP contribution in [0.2, 0.25) is 0 Å². The van der Waals surface area contributed by atoms with Gasteiger partial charge in [-0.25, -0.2) is 0 Å². The van der Waals surface area contributed by atoms with Crippen LogP contribution in [0.3, 0.4) is 0 Å². The van der Waals surface area contributed by atoms with Gasteiger partial charge >= 0.3 is 0 Å². The third-order valence-corrected chi connectivity index (χ3v) is 2.26. The minimum absolute atomic E-state index is 0. The molecular formula is C12H11Y-. The molecule has 0 N–H and O–H groups in total. The van der Waals surface area contributed by atoms with Crippen molar-refractivity contribution >= 4 is 10.8 Å². The van der Waals surface area contributed by atoms with Crippen LogP contribution < -0.4 is 0 Å². The van der Waals surface area contributed by atoms with Gasteiger partial charge in [0.1, 0.15) is 0 Å². The summed E-state index contributed by atoms with van der Waals surface area (Å²) in [6.45, 7) is 4.22. The molecule has 0 nitrogen and oxygen atoms in total. The molecule has 0 saturated carbocycles. The maximum atomic E-state index is 3.24. The van der Waals surface area contributed by atoms with Crippen molar-refractivity contribution < 1.29 is 32.7 Å². The molecule has 0 spiro atoms. The second kappa shape index (κ2) is 4.35. The van der Waals surface area contributed by atoms with Crippen LogP contribution in [0.15, 0.2) is 30.3 Å². The molecule has 0 fully saturated rings. The third kappa shape index (κ3) is 2.00. The molecule has 0 saturated heterocycles. The molecule has 0 aliphatic rings. The van der Waals surface area contributed by atoms with Gasteiger partial charge in [-0.3, -0.25) is 0 Å². The molecule has 0 amide bonds. The zero-order valence-electron chi connectivity index (χ0n) is 7.96. The molecule has 0 aliphatic heterocycles. The summed E-state index contributed by atoms with van der Waals surface area (Å²) in [4.78, 5) is 0. The fourth-order valence-corrected chi connectivity index (χ4v) is 1.53. The van der Waals surface area contributed by atoms with E-state index in [2.05, 4.69) is 50.2 Å².